The van der Waals surface area contributed by atoms with Crippen LogP contribution < -0.4 is 10.0 Å². The lowest BCUT2D eigenvalue weighted by molar-refractivity contribution is -0.121. The van der Waals surface area contributed by atoms with Crippen molar-refractivity contribution in [3.05, 3.63) is 42.1 Å². The maximum Gasteiger partial charge on any atom is 0.228 e. The van der Waals surface area contributed by atoms with Gasteiger partial charge in [0.2, 0.25) is 15.9 Å². The molecule has 1 amide bonds. The molecule has 2 atom stereocenters. The highest BCUT2D eigenvalue weighted by atomic mass is 32.2. The van der Waals surface area contributed by atoms with Crippen LogP contribution in [0.3, 0.4) is 0 Å². The highest BCUT2D eigenvalue weighted by Gasteiger charge is 2.29. The summed E-state index contributed by atoms with van der Waals surface area (Å²) in [5.41, 5.74) is 3.33. The van der Waals surface area contributed by atoms with Crippen LogP contribution in [0, 0.1) is 18.7 Å². The van der Waals surface area contributed by atoms with Crippen LogP contribution in [0.2, 0.25) is 0 Å². The topological polar surface area (TPSA) is 106 Å². The normalized spacial score (nSPS) is 19.0. The number of benzene rings is 1. The summed E-state index contributed by atoms with van der Waals surface area (Å²) >= 11 is 0. The number of nitrogens with zero attached hydrogens (tertiary/aromatic N) is 3. The van der Waals surface area contributed by atoms with E-state index in [-0.39, 0.29) is 23.9 Å². The zero-order valence-corrected chi connectivity index (χ0v) is 20.6. The first-order valence-electron chi connectivity index (χ1n) is 11.4. The number of aromatic nitrogens is 3. The second-order valence-electron chi connectivity index (χ2n) is 9.40. The summed E-state index contributed by atoms with van der Waals surface area (Å²) in [7, 11) is -3.33. The molecule has 2 N–H and O–H groups in total. The minimum atomic E-state index is -3.33. The molecule has 0 bridgehead atoms. The number of rotatable bonds is 6. The average molecular weight is 488 g/mol. The van der Waals surface area contributed by atoms with E-state index in [4.69, 9.17) is 0 Å². The van der Waals surface area contributed by atoms with Crippen molar-refractivity contribution in [2.75, 3.05) is 11.6 Å². The van der Waals surface area contributed by atoms with E-state index in [0.717, 1.165) is 23.8 Å². The second-order valence-corrected chi connectivity index (χ2v) is 11.2. The molecule has 2 aromatic heterocycles. The summed E-state index contributed by atoms with van der Waals surface area (Å²) in [4.78, 5) is 21.5. The number of carbonyl (C=O) groups is 1. The molecule has 0 radical (unpaired) electrons. The maximum absolute atomic E-state index is 14.8. The van der Waals surface area contributed by atoms with E-state index >= 15 is 0 Å². The number of imidazole rings is 1. The van der Waals surface area contributed by atoms with E-state index in [1.165, 1.54) is 6.07 Å². The summed E-state index contributed by atoms with van der Waals surface area (Å²) < 4.78 is 42.5. The molecular formula is C24H30FN5O3S. The Balaban J connectivity index is 1.58. The van der Waals surface area contributed by atoms with Crippen LogP contribution in [0.25, 0.3) is 22.2 Å². The van der Waals surface area contributed by atoms with Crippen LogP contribution >= 0.6 is 0 Å². The lowest BCUT2D eigenvalue weighted by Gasteiger charge is -2.28. The third-order valence-corrected chi connectivity index (χ3v) is 7.04. The Kier molecular flexibility index (Phi) is 6.73. The number of hydrogen-bond donors (Lipinski definition) is 2. The van der Waals surface area contributed by atoms with Crippen LogP contribution in [-0.4, -0.2) is 41.2 Å². The predicted molar refractivity (Wildman–Crippen MR) is 130 cm³/mol. The van der Waals surface area contributed by atoms with Crippen molar-refractivity contribution < 1.29 is 17.6 Å². The molecule has 1 saturated carbocycles. The molecule has 2 heterocycles. The smallest absolute Gasteiger partial charge is 0.228 e. The number of nitrogens with one attached hydrogen (secondary N) is 2. The quantitative estimate of drug-likeness (QED) is 0.543. The maximum atomic E-state index is 14.8. The monoisotopic (exact) mass is 487 g/mol. The van der Waals surface area contributed by atoms with Crippen molar-refractivity contribution in [3.8, 4) is 11.1 Å². The molecule has 1 aliphatic carbocycles. The molecule has 182 valence electrons. The average Bonchev–Trinajstić information content (AvgIpc) is 3.19. The number of sulfonamides is 1. The second kappa shape index (κ2) is 9.42. The number of hydrogen-bond acceptors (Lipinski definition) is 5. The van der Waals surface area contributed by atoms with Gasteiger partial charge in [0, 0.05) is 24.2 Å². The molecule has 10 heteroatoms. The summed E-state index contributed by atoms with van der Waals surface area (Å²) in [5.74, 6) is -0.530. The van der Waals surface area contributed by atoms with Crippen LogP contribution in [-0.2, 0) is 14.8 Å². The molecule has 34 heavy (non-hydrogen) atoms. The molecule has 1 aromatic carbocycles. The minimum absolute atomic E-state index is 0.129. The van der Waals surface area contributed by atoms with E-state index in [2.05, 4.69) is 20.0 Å². The number of anilines is 1. The number of fused-ring (bicyclic) bond motifs is 1. The van der Waals surface area contributed by atoms with Gasteiger partial charge in [0.15, 0.2) is 5.82 Å². The Bertz CT molecular complexity index is 1340. The van der Waals surface area contributed by atoms with Crippen molar-refractivity contribution in [2.24, 2.45) is 5.92 Å². The number of pyridine rings is 1. The van der Waals surface area contributed by atoms with E-state index in [0.29, 0.717) is 41.7 Å². The molecular weight excluding hydrogens is 457 g/mol. The fraction of sp³-hybridized carbons (Fsp3) is 0.458. The van der Waals surface area contributed by atoms with Gasteiger partial charge in [0.25, 0.3) is 0 Å². The summed E-state index contributed by atoms with van der Waals surface area (Å²) in [6.45, 7) is 5.91. The molecule has 0 spiro atoms. The Hall–Kier alpha value is -2.85. The first-order chi connectivity index (χ1) is 16.0. The molecule has 2 unspecified atom stereocenters. The lowest BCUT2D eigenvalue weighted by Crippen LogP contribution is -2.40. The van der Waals surface area contributed by atoms with Gasteiger partial charge in [-0.3, -0.25) is 4.79 Å². The van der Waals surface area contributed by atoms with Gasteiger partial charge in [-0.05, 0) is 74.9 Å². The summed E-state index contributed by atoms with van der Waals surface area (Å²) in [6, 6.07) is 4.99. The first-order valence-corrected chi connectivity index (χ1v) is 13.3. The Morgan fingerprint density at radius 1 is 1.21 bits per heavy atom. The number of carbonyl (C=O) groups excluding carboxylic acids is 1. The third-order valence-electron chi connectivity index (χ3n) is 6.28. The van der Waals surface area contributed by atoms with Crippen molar-refractivity contribution in [3.63, 3.8) is 0 Å². The van der Waals surface area contributed by atoms with Crippen molar-refractivity contribution in [2.45, 2.75) is 58.5 Å². The zero-order chi connectivity index (χ0) is 24.6. The lowest BCUT2D eigenvalue weighted by atomic mass is 9.85. The number of amides is 1. The van der Waals surface area contributed by atoms with Gasteiger partial charge in [-0.25, -0.2) is 27.5 Å². The Morgan fingerprint density at radius 3 is 2.68 bits per heavy atom. The molecule has 8 nitrogen and oxygen atoms in total. The standard InChI is InChI=1S/C24H30FN5O3S/c1-14(2)30-13-27-23-20(25)9-17(10-21(23)30)19-11-22(26-12-15(19)3)28-24(31)16-6-5-7-18(8-16)29-34(4,32)33/h9-14,16,18,29H,5-8H2,1-4H3,(H,26,28,31). The van der Waals surface area contributed by atoms with Gasteiger partial charge in [-0.15, -0.1) is 0 Å². The first kappa shape index (κ1) is 24.3. The highest BCUT2D eigenvalue weighted by Crippen LogP contribution is 2.31. The largest absolute Gasteiger partial charge is 0.328 e. The minimum Gasteiger partial charge on any atom is -0.328 e. The van der Waals surface area contributed by atoms with E-state index in [9.17, 15) is 17.6 Å². The predicted octanol–water partition coefficient (Wildman–Crippen LogP) is 4.17. The van der Waals surface area contributed by atoms with Gasteiger partial charge in [-0.1, -0.05) is 6.42 Å². The van der Waals surface area contributed by atoms with E-state index in [1.54, 1.807) is 18.6 Å². The van der Waals surface area contributed by atoms with Crippen molar-refractivity contribution >= 4 is 32.8 Å². The fourth-order valence-electron chi connectivity index (χ4n) is 4.63. The number of aryl methyl sites for hydroxylation is 1. The van der Waals surface area contributed by atoms with Gasteiger partial charge in [0.05, 0.1) is 18.1 Å². The van der Waals surface area contributed by atoms with Crippen molar-refractivity contribution in [1.29, 1.82) is 0 Å². The van der Waals surface area contributed by atoms with Crippen LogP contribution in [0.5, 0.6) is 0 Å². The van der Waals surface area contributed by atoms with E-state index < -0.39 is 15.8 Å². The fourth-order valence-corrected chi connectivity index (χ4v) is 5.45. The van der Waals surface area contributed by atoms with Gasteiger partial charge in [0.1, 0.15) is 11.3 Å². The van der Waals surface area contributed by atoms with Crippen LogP contribution in [0.1, 0.15) is 51.1 Å². The van der Waals surface area contributed by atoms with E-state index in [1.807, 2.05) is 31.4 Å². The zero-order valence-electron chi connectivity index (χ0n) is 19.8. The molecule has 0 aliphatic heterocycles. The molecule has 4 rings (SSSR count). The van der Waals surface area contributed by atoms with Gasteiger partial charge in [-0.2, -0.15) is 0 Å². The highest BCUT2D eigenvalue weighted by molar-refractivity contribution is 7.88. The number of halogens is 1. The van der Waals surface area contributed by atoms with Gasteiger partial charge >= 0.3 is 0 Å². The summed E-state index contributed by atoms with van der Waals surface area (Å²) in [5, 5.41) is 2.87. The van der Waals surface area contributed by atoms with Gasteiger partial charge < -0.3 is 9.88 Å². The molecule has 1 fully saturated rings. The molecule has 0 saturated heterocycles. The summed E-state index contributed by atoms with van der Waals surface area (Å²) in [6.07, 6.45) is 7.03. The Labute approximate surface area is 199 Å². The van der Waals surface area contributed by atoms with Crippen molar-refractivity contribution in [1.82, 2.24) is 19.3 Å². The molecule has 1 aliphatic rings. The van der Waals surface area contributed by atoms with Crippen LogP contribution in [0.15, 0.2) is 30.7 Å². The SMILES string of the molecule is Cc1cnc(NC(=O)C2CCCC(NS(C)(=O)=O)C2)cc1-c1cc(F)c2ncn(C(C)C)c2c1. The molecule has 3 aromatic rings. The van der Waals surface area contributed by atoms with Crippen LogP contribution in [0.4, 0.5) is 10.2 Å². The third kappa shape index (κ3) is 5.28. The Morgan fingerprint density at radius 2 is 1.97 bits per heavy atom.